The molecule has 0 bridgehead atoms. The lowest BCUT2D eigenvalue weighted by Gasteiger charge is -2.19. The number of halogens is 1. The number of thioether (sulfide) groups is 1. The summed E-state index contributed by atoms with van der Waals surface area (Å²) in [7, 11) is 0. The zero-order valence-electron chi connectivity index (χ0n) is 18.7. The molecule has 7 heteroatoms. The van der Waals surface area contributed by atoms with Gasteiger partial charge in [0.25, 0.3) is 5.91 Å². The first kappa shape index (κ1) is 23.6. The molecular weight excluding hydrogens is 466 g/mol. The number of benzene rings is 3. The lowest BCUT2D eigenvalue weighted by Crippen LogP contribution is -2.30. The van der Waals surface area contributed by atoms with Crippen LogP contribution in [0.25, 0.3) is 0 Å². The quantitative estimate of drug-likeness (QED) is 0.352. The largest absolute Gasteiger partial charge is 0.321 e. The minimum atomic E-state index is -0.576. The van der Waals surface area contributed by atoms with E-state index in [4.69, 9.17) is 11.6 Å². The molecule has 0 radical (unpaired) electrons. The summed E-state index contributed by atoms with van der Waals surface area (Å²) in [6.07, 6.45) is 0.493. The predicted molar refractivity (Wildman–Crippen MR) is 138 cm³/mol. The number of hydrogen-bond acceptors (Lipinski definition) is 4. The molecule has 1 aliphatic rings. The molecule has 0 aliphatic carbocycles. The summed E-state index contributed by atoms with van der Waals surface area (Å²) in [5.74, 6) is -0.732. The van der Waals surface area contributed by atoms with Gasteiger partial charge in [-0.1, -0.05) is 70.9 Å². The van der Waals surface area contributed by atoms with Gasteiger partial charge in [-0.05, 0) is 62.2 Å². The van der Waals surface area contributed by atoms with Crippen LogP contribution in [0, 0.1) is 25.2 Å². The fraction of sp³-hybridized carbons (Fsp3) is 0.148. The van der Waals surface area contributed by atoms with Crippen LogP contribution >= 0.6 is 23.4 Å². The molecule has 170 valence electrons. The van der Waals surface area contributed by atoms with E-state index in [1.54, 1.807) is 24.3 Å². The van der Waals surface area contributed by atoms with Crippen LogP contribution < -0.4 is 10.2 Å². The second-order valence-corrected chi connectivity index (χ2v) is 9.69. The molecule has 1 atom stereocenters. The predicted octanol–water partition coefficient (Wildman–Crippen LogP) is 6.02. The minimum absolute atomic E-state index is 0.111. The molecular formula is C27H22ClN3O2S. The van der Waals surface area contributed by atoms with Gasteiger partial charge in [-0.2, -0.15) is 5.26 Å². The van der Waals surface area contributed by atoms with E-state index >= 15 is 0 Å². The van der Waals surface area contributed by atoms with Crippen LogP contribution in [0.2, 0.25) is 5.02 Å². The molecule has 0 spiro atoms. The maximum atomic E-state index is 13.5. The van der Waals surface area contributed by atoms with Gasteiger partial charge >= 0.3 is 0 Å². The lowest BCUT2D eigenvalue weighted by molar-refractivity contribution is -0.117. The Kier molecular flexibility index (Phi) is 7.06. The van der Waals surface area contributed by atoms with Crippen molar-refractivity contribution in [2.75, 3.05) is 10.2 Å². The van der Waals surface area contributed by atoms with E-state index in [0.29, 0.717) is 27.8 Å². The molecule has 2 amide bonds. The Hall–Kier alpha value is -3.53. The van der Waals surface area contributed by atoms with Gasteiger partial charge < -0.3 is 5.32 Å². The molecule has 1 heterocycles. The molecule has 5 nitrogen and oxygen atoms in total. The van der Waals surface area contributed by atoms with Crippen molar-refractivity contribution in [3.63, 3.8) is 0 Å². The number of aryl methyl sites for hydroxylation is 2. The zero-order valence-corrected chi connectivity index (χ0v) is 20.3. The Morgan fingerprint density at radius 3 is 2.18 bits per heavy atom. The summed E-state index contributed by atoms with van der Waals surface area (Å²) in [4.78, 5) is 28.1. The number of nitrogens with zero attached hydrogens (tertiary/aromatic N) is 2. The van der Waals surface area contributed by atoms with Gasteiger partial charge in [-0.15, -0.1) is 0 Å². The number of carbonyl (C=O) groups excluding carboxylic acids is 2. The number of rotatable bonds is 5. The topological polar surface area (TPSA) is 73.2 Å². The highest BCUT2D eigenvalue weighted by Gasteiger charge is 2.40. The third-order valence-corrected chi connectivity index (χ3v) is 6.96. The number of hydrogen-bond donors (Lipinski definition) is 1. The first-order chi connectivity index (χ1) is 16.4. The van der Waals surface area contributed by atoms with E-state index in [9.17, 15) is 14.9 Å². The van der Waals surface area contributed by atoms with Crippen molar-refractivity contribution in [2.45, 2.75) is 25.5 Å². The van der Waals surface area contributed by atoms with Crippen LogP contribution in [-0.4, -0.2) is 17.1 Å². The summed E-state index contributed by atoms with van der Waals surface area (Å²) in [5.41, 5.74) is 4.23. The molecule has 34 heavy (non-hydrogen) atoms. The van der Waals surface area contributed by atoms with Gasteiger partial charge in [-0.25, -0.2) is 0 Å². The number of nitriles is 1. The van der Waals surface area contributed by atoms with Crippen molar-refractivity contribution in [1.82, 2.24) is 0 Å². The smallest absolute Gasteiger partial charge is 0.269 e. The average Bonchev–Trinajstić information content (AvgIpc) is 3.13. The van der Waals surface area contributed by atoms with Crippen LogP contribution in [0.5, 0.6) is 0 Å². The highest BCUT2D eigenvalue weighted by molar-refractivity contribution is 8.05. The summed E-state index contributed by atoms with van der Waals surface area (Å²) < 4.78 is 0. The van der Waals surface area contributed by atoms with Crippen molar-refractivity contribution >= 4 is 46.6 Å². The maximum Gasteiger partial charge on any atom is 0.269 e. The highest BCUT2D eigenvalue weighted by atomic mass is 35.5. The Bertz CT molecular complexity index is 1290. The van der Waals surface area contributed by atoms with Gasteiger partial charge in [0, 0.05) is 16.4 Å². The third kappa shape index (κ3) is 5.17. The SMILES string of the molecule is Cc1ccc(CC2SC(=C(C#N)C(=O)Nc3ccc(Cl)cc3)N(c3ccc(C)cc3)C2=O)cc1. The van der Waals surface area contributed by atoms with Crippen molar-refractivity contribution in [3.05, 3.63) is 105 Å². The molecule has 0 saturated carbocycles. The Morgan fingerprint density at radius 1 is 1.00 bits per heavy atom. The second-order valence-electron chi connectivity index (χ2n) is 8.06. The van der Waals surface area contributed by atoms with Crippen LogP contribution in [0.15, 0.2) is 83.4 Å². The van der Waals surface area contributed by atoms with E-state index in [-0.39, 0.29) is 11.5 Å². The molecule has 1 N–H and O–H groups in total. The van der Waals surface area contributed by atoms with Gasteiger partial charge in [0.2, 0.25) is 5.91 Å². The van der Waals surface area contributed by atoms with Crippen LogP contribution in [0.3, 0.4) is 0 Å². The summed E-state index contributed by atoms with van der Waals surface area (Å²) >= 11 is 7.18. The van der Waals surface area contributed by atoms with E-state index in [1.807, 2.05) is 68.4 Å². The standard InChI is InChI=1S/C27H22ClN3O2S/c1-17-3-7-19(8-4-17)15-24-26(33)31(22-13-5-18(2)6-14-22)27(34-24)23(16-29)25(32)30-21-11-9-20(28)10-12-21/h3-14,24H,15H2,1-2H3,(H,30,32). The molecule has 3 aromatic carbocycles. The minimum Gasteiger partial charge on any atom is -0.321 e. The maximum absolute atomic E-state index is 13.5. The summed E-state index contributed by atoms with van der Waals surface area (Å²) in [5, 5.41) is 13.1. The van der Waals surface area contributed by atoms with Gasteiger partial charge in [0.15, 0.2) is 0 Å². The molecule has 3 aromatic rings. The van der Waals surface area contributed by atoms with Crippen LogP contribution in [0.1, 0.15) is 16.7 Å². The van der Waals surface area contributed by atoms with E-state index in [1.165, 1.54) is 16.7 Å². The highest BCUT2D eigenvalue weighted by Crippen LogP contribution is 2.42. The van der Waals surface area contributed by atoms with Crippen LogP contribution in [-0.2, 0) is 16.0 Å². The van der Waals surface area contributed by atoms with Crippen molar-refractivity contribution in [1.29, 1.82) is 5.26 Å². The van der Waals surface area contributed by atoms with Gasteiger partial charge in [0.05, 0.1) is 5.25 Å². The molecule has 1 aliphatic heterocycles. The number of nitrogens with one attached hydrogen (secondary N) is 1. The molecule has 1 unspecified atom stereocenters. The third-order valence-electron chi connectivity index (χ3n) is 5.44. The van der Waals surface area contributed by atoms with E-state index in [0.717, 1.165) is 16.7 Å². The van der Waals surface area contributed by atoms with Crippen LogP contribution in [0.4, 0.5) is 11.4 Å². The Balaban J connectivity index is 1.71. The normalized spacial score (nSPS) is 16.8. The molecule has 4 rings (SSSR count). The second kappa shape index (κ2) is 10.2. The fourth-order valence-corrected chi connectivity index (χ4v) is 5.02. The zero-order chi connectivity index (χ0) is 24.2. The summed E-state index contributed by atoms with van der Waals surface area (Å²) in [6.45, 7) is 3.97. The Labute approximate surface area is 208 Å². The van der Waals surface area contributed by atoms with Crippen molar-refractivity contribution in [3.8, 4) is 6.07 Å². The average molecular weight is 488 g/mol. The number of anilines is 2. The number of amides is 2. The van der Waals surface area contributed by atoms with Crippen molar-refractivity contribution < 1.29 is 9.59 Å². The summed E-state index contributed by atoms with van der Waals surface area (Å²) in [6, 6.07) is 24.1. The fourth-order valence-electron chi connectivity index (χ4n) is 3.58. The molecule has 0 aromatic heterocycles. The van der Waals surface area contributed by atoms with E-state index in [2.05, 4.69) is 5.32 Å². The first-order valence-corrected chi connectivity index (χ1v) is 12.0. The molecule has 1 saturated heterocycles. The first-order valence-electron chi connectivity index (χ1n) is 10.7. The van der Waals surface area contributed by atoms with Gasteiger partial charge in [0.1, 0.15) is 16.7 Å². The van der Waals surface area contributed by atoms with Gasteiger partial charge in [-0.3, -0.25) is 14.5 Å². The molecule has 1 fully saturated rings. The number of carbonyl (C=O) groups is 2. The Morgan fingerprint density at radius 2 is 1.59 bits per heavy atom. The van der Waals surface area contributed by atoms with E-state index < -0.39 is 11.2 Å². The lowest BCUT2D eigenvalue weighted by atomic mass is 10.1. The monoisotopic (exact) mass is 487 g/mol. The van der Waals surface area contributed by atoms with Crippen molar-refractivity contribution in [2.24, 2.45) is 0 Å².